The van der Waals surface area contributed by atoms with E-state index >= 15 is 0 Å². The fraction of sp³-hybridized carbons (Fsp3) is 0.231. The zero-order valence-electron chi connectivity index (χ0n) is 9.76. The van der Waals surface area contributed by atoms with Crippen LogP contribution in [0.2, 0.25) is 0 Å². The van der Waals surface area contributed by atoms with Gasteiger partial charge in [0.1, 0.15) is 10.8 Å². The lowest BCUT2D eigenvalue weighted by atomic mass is 10.1. The van der Waals surface area contributed by atoms with Crippen LogP contribution >= 0.6 is 11.3 Å². The Kier molecular flexibility index (Phi) is 3.72. The molecule has 0 aliphatic rings. The van der Waals surface area contributed by atoms with Crippen LogP contribution in [0.1, 0.15) is 25.0 Å². The van der Waals surface area contributed by atoms with Gasteiger partial charge in [-0.25, -0.2) is 9.37 Å². The van der Waals surface area contributed by atoms with E-state index in [1.807, 2.05) is 0 Å². The first-order valence-corrected chi connectivity index (χ1v) is 6.38. The normalized spacial score (nSPS) is 12.3. The summed E-state index contributed by atoms with van der Waals surface area (Å²) >= 11 is 1.33. The third-order valence-electron chi connectivity index (χ3n) is 2.61. The van der Waals surface area contributed by atoms with Crippen molar-refractivity contribution in [1.82, 2.24) is 4.98 Å². The minimum Gasteiger partial charge on any atom is -0.481 e. The van der Waals surface area contributed by atoms with Crippen LogP contribution in [0.15, 0.2) is 29.6 Å². The van der Waals surface area contributed by atoms with Crippen molar-refractivity contribution >= 4 is 17.3 Å². The summed E-state index contributed by atoms with van der Waals surface area (Å²) in [5.74, 6) is -1.34. The predicted molar refractivity (Wildman–Crippen MR) is 68.2 cm³/mol. The van der Waals surface area contributed by atoms with E-state index < -0.39 is 5.97 Å². The number of aliphatic carboxylic acids is 1. The maximum atomic E-state index is 13.6. The fourth-order valence-electron chi connectivity index (χ4n) is 1.64. The summed E-state index contributed by atoms with van der Waals surface area (Å²) < 4.78 is 13.6. The molecule has 2 rings (SSSR count). The monoisotopic (exact) mass is 265 g/mol. The molecule has 0 spiro atoms. The Bertz CT molecular complexity index is 568. The third kappa shape index (κ3) is 2.73. The van der Waals surface area contributed by atoms with Gasteiger partial charge in [-0.1, -0.05) is 19.1 Å². The summed E-state index contributed by atoms with van der Waals surface area (Å²) in [6.07, 6.45) is 0.0282. The number of carboxylic acid groups (broad SMARTS) is 1. The van der Waals surface area contributed by atoms with Gasteiger partial charge in [-0.2, -0.15) is 0 Å². The van der Waals surface area contributed by atoms with Gasteiger partial charge in [0.2, 0.25) is 0 Å². The van der Waals surface area contributed by atoms with E-state index in [9.17, 15) is 9.18 Å². The van der Waals surface area contributed by atoms with E-state index in [1.165, 1.54) is 17.4 Å². The van der Waals surface area contributed by atoms with E-state index in [4.69, 9.17) is 5.11 Å². The average molecular weight is 265 g/mol. The van der Waals surface area contributed by atoms with E-state index in [2.05, 4.69) is 4.98 Å². The Balaban J connectivity index is 2.26. The first-order valence-electron chi connectivity index (χ1n) is 5.50. The quantitative estimate of drug-likeness (QED) is 0.920. The van der Waals surface area contributed by atoms with Gasteiger partial charge in [-0.15, -0.1) is 11.3 Å². The number of aromatic nitrogens is 1. The molecule has 18 heavy (non-hydrogen) atoms. The van der Waals surface area contributed by atoms with Crippen molar-refractivity contribution in [3.05, 3.63) is 41.2 Å². The minimum absolute atomic E-state index is 0.0282. The van der Waals surface area contributed by atoms with Gasteiger partial charge in [0.15, 0.2) is 0 Å². The van der Waals surface area contributed by atoms with Crippen LogP contribution in [0, 0.1) is 5.82 Å². The SMILES string of the molecule is CC(CC(=O)O)c1csc(-c2ccccc2F)n1. The van der Waals surface area contributed by atoms with Crippen LogP contribution < -0.4 is 0 Å². The maximum Gasteiger partial charge on any atom is 0.304 e. The molecule has 1 heterocycles. The second-order valence-corrected chi connectivity index (χ2v) is 4.91. The number of halogens is 1. The van der Waals surface area contributed by atoms with Crippen LogP contribution in [0.3, 0.4) is 0 Å². The van der Waals surface area contributed by atoms with Crippen molar-refractivity contribution in [2.75, 3.05) is 0 Å². The zero-order valence-corrected chi connectivity index (χ0v) is 10.6. The van der Waals surface area contributed by atoms with Crippen LogP contribution in [0.5, 0.6) is 0 Å². The van der Waals surface area contributed by atoms with E-state index in [1.54, 1.807) is 30.5 Å². The van der Waals surface area contributed by atoms with Gasteiger partial charge < -0.3 is 5.11 Å². The number of nitrogens with zero attached hydrogens (tertiary/aromatic N) is 1. The highest BCUT2D eigenvalue weighted by Crippen LogP contribution is 2.29. The molecule has 5 heteroatoms. The van der Waals surface area contributed by atoms with Gasteiger partial charge in [0.25, 0.3) is 0 Å². The van der Waals surface area contributed by atoms with Crippen LogP contribution in [-0.4, -0.2) is 16.1 Å². The topological polar surface area (TPSA) is 50.2 Å². The van der Waals surface area contributed by atoms with Crippen LogP contribution in [0.25, 0.3) is 10.6 Å². The standard InChI is InChI=1S/C13H12FNO2S/c1-8(6-12(16)17)11-7-18-13(15-11)9-4-2-3-5-10(9)14/h2-5,7-8H,6H2,1H3,(H,16,17). The maximum absolute atomic E-state index is 13.6. The molecule has 0 bridgehead atoms. The van der Waals surface area contributed by atoms with Gasteiger partial charge in [0, 0.05) is 16.9 Å². The second kappa shape index (κ2) is 5.27. The number of hydrogen-bond acceptors (Lipinski definition) is 3. The highest BCUT2D eigenvalue weighted by Gasteiger charge is 2.15. The van der Waals surface area contributed by atoms with Gasteiger partial charge in [-0.3, -0.25) is 4.79 Å². The molecular formula is C13H12FNO2S. The molecule has 1 N–H and O–H groups in total. The minimum atomic E-state index is -0.858. The summed E-state index contributed by atoms with van der Waals surface area (Å²) in [5.41, 5.74) is 1.15. The Hall–Kier alpha value is -1.75. The largest absolute Gasteiger partial charge is 0.481 e. The Morgan fingerprint density at radius 1 is 1.50 bits per heavy atom. The third-order valence-corrected chi connectivity index (χ3v) is 3.51. The summed E-state index contributed by atoms with van der Waals surface area (Å²) in [6.45, 7) is 1.80. The molecule has 0 saturated heterocycles. The molecule has 0 radical (unpaired) electrons. The van der Waals surface area contributed by atoms with E-state index in [-0.39, 0.29) is 18.2 Å². The average Bonchev–Trinajstić information content (AvgIpc) is 2.78. The molecule has 3 nitrogen and oxygen atoms in total. The van der Waals surface area contributed by atoms with Crippen molar-refractivity contribution in [2.24, 2.45) is 0 Å². The number of benzene rings is 1. The van der Waals surface area contributed by atoms with E-state index in [0.29, 0.717) is 16.3 Å². The first-order chi connectivity index (χ1) is 8.58. The molecule has 0 aliphatic carbocycles. The Labute approximate surface area is 108 Å². The Morgan fingerprint density at radius 3 is 2.89 bits per heavy atom. The van der Waals surface area contributed by atoms with Gasteiger partial charge in [-0.05, 0) is 12.1 Å². The highest BCUT2D eigenvalue weighted by molar-refractivity contribution is 7.13. The first kappa shape index (κ1) is 12.7. The number of hydrogen-bond donors (Lipinski definition) is 1. The number of carboxylic acids is 1. The lowest BCUT2D eigenvalue weighted by Crippen LogP contribution is -2.03. The molecule has 0 fully saturated rings. The second-order valence-electron chi connectivity index (χ2n) is 4.06. The molecule has 2 aromatic rings. The van der Waals surface area contributed by atoms with Crippen molar-refractivity contribution in [2.45, 2.75) is 19.3 Å². The molecule has 1 aromatic heterocycles. The summed E-state index contributed by atoms with van der Waals surface area (Å²) in [5, 5.41) is 11.1. The highest BCUT2D eigenvalue weighted by atomic mass is 32.1. The predicted octanol–water partition coefficient (Wildman–Crippen LogP) is 3.53. The van der Waals surface area contributed by atoms with Crippen molar-refractivity contribution < 1.29 is 14.3 Å². The van der Waals surface area contributed by atoms with Gasteiger partial charge in [0.05, 0.1) is 12.1 Å². The van der Waals surface area contributed by atoms with E-state index in [0.717, 1.165) is 0 Å². The molecule has 94 valence electrons. The molecule has 0 amide bonds. The lowest BCUT2D eigenvalue weighted by molar-refractivity contribution is -0.137. The summed E-state index contributed by atoms with van der Waals surface area (Å²) in [6, 6.07) is 6.43. The van der Waals surface area contributed by atoms with Crippen molar-refractivity contribution in [3.8, 4) is 10.6 Å². The number of carbonyl (C=O) groups is 1. The van der Waals surface area contributed by atoms with Crippen molar-refractivity contribution in [1.29, 1.82) is 0 Å². The smallest absolute Gasteiger partial charge is 0.304 e. The molecule has 0 aliphatic heterocycles. The molecule has 1 unspecified atom stereocenters. The van der Waals surface area contributed by atoms with Crippen LogP contribution in [0.4, 0.5) is 4.39 Å². The summed E-state index contributed by atoms with van der Waals surface area (Å²) in [7, 11) is 0. The zero-order chi connectivity index (χ0) is 13.1. The van der Waals surface area contributed by atoms with Crippen molar-refractivity contribution in [3.63, 3.8) is 0 Å². The number of rotatable bonds is 4. The molecular weight excluding hydrogens is 253 g/mol. The Morgan fingerprint density at radius 2 is 2.22 bits per heavy atom. The van der Waals surface area contributed by atoms with Gasteiger partial charge >= 0.3 is 5.97 Å². The lowest BCUT2D eigenvalue weighted by Gasteiger charge is -2.03. The summed E-state index contributed by atoms with van der Waals surface area (Å²) in [4.78, 5) is 14.9. The molecule has 1 aromatic carbocycles. The van der Waals surface area contributed by atoms with Crippen LogP contribution in [-0.2, 0) is 4.79 Å². The molecule has 0 saturated carbocycles. The fourth-order valence-corrected chi connectivity index (χ4v) is 2.61. The molecule has 1 atom stereocenters. The number of thiazole rings is 1.